The maximum Gasteiger partial charge on any atom is 0.0542 e. The number of para-hydroxylation sites is 2. The van der Waals surface area contributed by atoms with E-state index in [0.29, 0.717) is 10.8 Å². The zero-order chi connectivity index (χ0) is 35.2. The van der Waals surface area contributed by atoms with E-state index < -0.39 is 0 Å². The van der Waals surface area contributed by atoms with Gasteiger partial charge in [-0.15, -0.1) is 0 Å². The van der Waals surface area contributed by atoms with Gasteiger partial charge < -0.3 is 9.47 Å². The van der Waals surface area contributed by atoms with Gasteiger partial charge in [0.15, 0.2) is 0 Å². The van der Waals surface area contributed by atoms with Crippen molar-refractivity contribution in [3.05, 3.63) is 181 Å². The van der Waals surface area contributed by atoms with Gasteiger partial charge in [-0.05, 0) is 149 Å². The third kappa shape index (κ3) is 3.45. The minimum Gasteiger partial charge on any atom is -0.310 e. The zero-order valence-electron chi connectivity index (χ0n) is 30.3. The van der Waals surface area contributed by atoms with Crippen molar-refractivity contribution in [2.45, 2.75) is 37.5 Å². The molecule has 258 valence electrons. The lowest BCUT2D eigenvalue weighted by molar-refractivity contribution is 0.159. The lowest BCUT2D eigenvalue weighted by atomic mass is 9.63. The molecule has 0 amide bonds. The predicted molar refractivity (Wildman–Crippen MR) is 222 cm³/mol. The molecule has 6 aliphatic rings. The van der Waals surface area contributed by atoms with Crippen molar-refractivity contribution < 1.29 is 0 Å². The Balaban J connectivity index is 1.03. The van der Waals surface area contributed by atoms with Crippen LogP contribution in [0.15, 0.2) is 170 Å². The summed E-state index contributed by atoms with van der Waals surface area (Å²) >= 11 is 0. The van der Waals surface area contributed by atoms with Crippen molar-refractivity contribution in [3.8, 4) is 27.9 Å². The van der Waals surface area contributed by atoms with E-state index in [0.717, 1.165) is 11.8 Å². The van der Waals surface area contributed by atoms with Gasteiger partial charge in [0, 0.05) is 38.9 Å². The second-order valence-electron chi connectivity index (χ2n) is 17.1. The lowest BCUT2D eigenvalue weighted by Gasteiger charge is -2.41. The molecule has 2 nitrogen and oxygen atoms in total. The Hall–Kier alpha value is -5.86. The SMILES string of the molecule is c1ccc(-c2ccc(N(c3ccc4c(c3)C3(c5ccccc5-4)C45CC6CC(C4)CC53C6)c3ccc4c(c3)c3ccccc3n4-c3ccccc3)cc2)cc1. The third-order valence-corrected chi connectivity index (χ3v) is 15.0. The third-order valence-electron chi connectivity index (χ3n) is 15.0. The quantitative estimate of drug-likeness (QED) is 0.174. The van der Waals surface area contributed by atoms with Crippen LogP contribution in [0.25, 0.3) is 49.7 Å². The maximum absolute atomic E-state index is 2.64. The molecule has 1 aromatic heterocycles. The van der Waals surface area contributed by atoms with Gasteiger partial charge in [-0.1, -0.05) is 109 Å². The first-order valence-electron chi connectivity index (χ1n) is 20.0. The number of nitrogens with zero attached hydrogens (tertiary/aromatic N) is 2. The fraction of sp³-hybridized carbons (Fsp3) is 0.192. The number of fused-ring (bicyclic) bond motifs is 8. The summed E-state index contributed by atoms with van der Waals surface area (Å²) in [4.78, 5) is 2.53. The Labute approximate surface area is 316 Å². The molecule has 0 aliphatic heterocycles. The van der Waals surface area contributed by atoms with Crippen LogP contribution < -0.4 is 4.90 Å². The van der Waals surface area contributed by atoms with Gasteiger partial charge in [0.2, 0.25) is 0 Å². The summed E-state index contributed by atoms with van der Waals surface area (Å²) < 4.78 is 2.41. The fourth-order valence-electron chi connectivity index (χ4n) is 13.6. The fourth-order valence-corrected chi connectivity index (χ4v) is 13.6. The van der Waals surface area contributed by atoms with E-state index in [1.165, 1.54) is 98.9 Å². The smallest absolute Gasteiger partial charge is 0.0542 e. The molecule has 0 saturated heterocycles. The number of rotatable bonds is 5. The second-order valence-corrected chi connectivity index (χ2v) is 17.1. The van der Waals surface area contributed by atoms with Gasteiger partial charge in [-0.2, -0.15) is 0 Å². The molecular formula is C52H40N2. The van der Waals surface area contributed by atoms with Crippen LogP contribution in [0.5, 0.6) is 0 Å². The summed E-state index contributed by atoms with van der Waals surface area (Å²) in [5.41, 5.74) is 17.0. The van der Waals surface area contributed by atoms with Gasteiger partial charge >= 0.3 is 0 Å². The van der Waals surface area contributed by atoms with Crippen molar-refractivity contribution in [3.63, 3.8) is 0 Å². The molecule has 7 aromatic carbocycles. The average Bonchev–Trinajstić information content (AvgIpc) is 3.63. The highest BCUT2D eigenvalue weighted by Crippen LogP contribution is 2.98. The molecule has 1 heterocycles. The van der Waals surface area contributed by atoms with Gasteiger partial charge in [0.05, 0.1) is 11.0 Å². The Bertz CT molecular complexity index is 2790. The van der Waals surface area contributed by atoms with Gasteiger partial charge in [0.1, 0.15) is 0 Å². The highest BCUT2D eigenvalue weighted by Gasteiger charge is 2.94. The molecule has 0 radical (unpaired) electrons. The second kappa shape index (κ2) is 10.2. The highest BCUT2D eigenvalue weighted by molar-refractivity contribution is 6.10. The lowest BCUT2D eigenvalue weighted by Crippen LogP contribution is -2.34. The van der Waals surface area contributed by atoms with Crippen LogP contribution in [-0.2, 0) is 5.41 Å². The van der Waals surface area contributed by atoms with Crippen molar-refractivity contribution >= 4 is 38.9 Å². The summed E-state index contributed by atoms with van der Waals surface area (Å²) in [6, 6.07) is 63.8. The largest absolute Gasteiger partial charge is 0.310 e. The molecule has 5 saturated carbocycles. The van der Waals surface area contributed by atoms with Crippen LogP contribution in [0.1, 0.15) is 43.2 Å². The Morgan fingerprint density at radius 1 is 0.444 bits per heavy atom. The summed E-state index contributed by atoms with van der Waals surface area (Å²) in [5.74, 6) is 1.87. The van der Waals surface area contributed by atoms with E-state index in [1.54, 1.807) is 11.1 Å². The Kier molecular flexibility index (Phi) is 5.59. The first kappa shape index (κ1) is 29.6. The van der Waals surface area contributed by atoms with Crippen LogP contribution in [0, 0.1) is 22.7 Å². The molecule has 6 aliphatic carbocycles. The number of hydrogen-bond acceptors (Lipinski definition) is 1. The molecule has 0 atom stereocenters. The van der Waals surface area contributed by atoms with E-state index >= 15 is 0 Å². The van der Waals surface area contributed by atoms with Crippen molar-refractivity contribution in [1.29, 1.82) is 0 Å². The van der Waals surface area contributed by atoms with Gasteiger partial charge in [-0.25, -0.2) is 0 Å². The van der Waals surface area contributed by atoms with Crippen LogP contribution in [0.3, 0.4) is 0 Å². The molecule has 8 aromatic rings. The molecule has 2 heteroatoms. The van der Waals surface area contributed by atoms with Crippen molar-refractivity contribution in [1.82, 2.24) is 4.57 Å². The van der Waals surface area contributed by atoms with Crippen molar-refractivity contribution in [2.75, 3.05) is 4.90 Å². The molecule has 14 rings (SSSR count). The number of aromatic nitrogens is 1. The van der Waals surface area contributed by atoms with Crippen LogP contribution in [0.4, 0.5) is 17.1 Å². The Morgan fingerprint density at radius 2 is 1.02 bits per heavy atom. The Morgan fingerprint density at radius 3 is 1.80 bits per heavy atom. The molecule has 0 unspecified atom stereocenters. The summed E-state index contributed by atoms with van der Waals surface area (Å²) in [6.45, 7) is 0. The molecule has 54 heavy (non-hydrogen) atoms. The molecule has 4 bridgehead atoms. The monoisotopic (exact) mass is 692 g/mol. The van der Waals surface area contributed by atoms with E-state index in [9.17, 15) is 0 Å². The van der Waals surface area contributed by atoms with Crippen LogP contribution >= 0.6 is 0 Å². The minimum atomic E-state index is 0.158. The molecular weight excluding hydrogens is 653 g/mol. The van der Waals surface area contributed by atoms with Crippen molar-refractivity contribution in [2.24, 2.45) is 22.7 Å². The molecule has 3 spiro atoms. The van der Waals surface area contributed by atoms with E-state index in [1.807, 2.05) is 0 Å². The van der Waals surface area contributed by atoms with E-state index in [4.69, 9.17) is 0 Å². The number of hydrogen-bond donors (Lipinski definition) is 0. The zero-order valence-corrected chi connectivity index (χ0v) is 30.3. The van der Waals surface area contributed by atoms with E-state index in [2.05, 4.69) is 179 Å². The summed E-state index contributed by atoms with van der Waals surface area (Å²) in [6.07, 6.45) is 7.18. The highest BCUT2D eigenvalue weighted by atomic mass is 15.1. The predicted octanol–water partition coefficient (Wildman–Crippen LogP) is 13.4. The number of anilines is 3. The minimum absolute atomic E-state index is 0.158. The molecule has 0 N–H and O–H groups in total. The van der Waals surface area contributed by atoms with Gasteiger partial charge in [-0.3, -0.25) is 0 Å². The summed E-state index contributed by atoms with van der Waals surface area (Å²) in [7, 11) is 0. The topological polar surface area (TPSA) is 8.17 Å². The molecule has 5 fully saturated rings. The first-order chi connectivity index (χ1) is 26.7. The van der Waals surface area contributed by atoms with E-state index in [-0.39, 0.29) is 5.41 Å². The van der Waals surface area contributed by atoms with Gasteiger partial charge in [0.25, 0.3) is 0 Å². The maximum atomic E-state index is 2.64. The van der Waals surface area contributed by atoms with Crippen LogP contribution in [0.2, 0.25) is 0 Å². The first-order valence-corrected chi connectivity index (χ1v) is 20.0. The normalized spacial score (nSPS) is 26.4. The van der Waals surface area contributed by atoms with Crippen LogP contribution in [-0.4, -0.2) is 4.57 Å². The summed E-state index contributed by atoms with van der Waals surface area (Å²) in [5, 5.41) is 2.54. The standard InChI is InChI=1S/C52H40N2/c1-3-11-36(12-4-1)37-19-21-39(22-20-37)53(40-24-26-49-45(28-40)44-16-8-10-18-48(44)54(49)38-13-5-2-6-14-38)41-23-25-43-42-15-7-9-17-46(42)52(47(43)29-41)50-30-34-27-35(32-50)33-51(50,52)31-34/h1-26,28-29,34-35H,27,30-33H2. The average molecular weight is 693 g/mol. The number of benzene rings is 7.